The predicted octanol–water partition coefficient (Wildman–Crippen LogP) is 4.29. The van der Waals surface area contributed by atoms with Gasteiger partial charge >= 0.3 is 0 Å². The summed E-state index contributed by atoms with van der Waals surface area (Å²) in [4.78, 5) is 28.7. The second kappa shape index (κ2) is 13.8. The van der Waals surface area contributed by atoms with E-state index in [2.05, 4.69) is 5.32 Å². The Labute approximate surface area is 228 Å². The number of unbranched alkanes of at least 4 members (excludes halogenated alkanes) is 1. The first kappa shape index (κ1) is 29.8. The van der Waals surface area contributed by atoms with Crippen LogP contribution in [0.1, 0.15) is 30.9 Å². The summed E-state index contributed by atoms with van der Waals surface area (Å²) in [7, 11) is -4.08. The molecular formula is C29H33F2N3O4S. The van der Waals surface area contributed by atoms with Crippen LogP contribution < -0.4 is 9.62 Å². The van der Waals surface area contributed by atoms with Gasteiger partial charge in [-0.3, -0.25) is 13.9 Å². The molecule has 0 aliphatic heterocycles. The van der Waals surface area contributed by atoms with Crippen molar-refractivity contribution in [3.8, 4) is 0 Å². The van der Waals surface area contributed by atoms with Gasteiger partial charge in [-0.1, -0.05) is 74.0 Å². The number of sulfonamides is 1. The Morgan fingerprint density at radius 1 is 0.897 bits per heavy atom. The van der Waals surface area contributed by atoms with Gasteiger partial charge in [0.05, 0.1) is 11.9 Å². The van der Waals surface area contributed by atoms with Crippen LogP contribution in [0, 0.1) is 11.6 Å². The Kier molecular flexibility index (Phi) is 10.6. The first-order valence-corrected chi connectivity index (χ1v) is 14.5. The van der Waals surface area contributed by atoms with Crippen LogP contribution >= 0.6 is 0 Å². The van der Waals surface area contributed by atoms with Gasteiger partial charge in [-0.2, -0.15) is 0 Å². The van der Waals surface area contributed by atoms with Crippen LogP contribution in [0.3, 0.4) is 0 Å². The molecule has 0 fully saturated rings. The molecule has 0 saturated heterocycles. The van der Waals surface area contributed by atoms with Crippen LogP contribution in [0.4, 0.5) is 14.5 Å². The maximum atomic E-state index is 14.0. The number of nitrogens with one attached hydrogen (secondary N) is 1. The van der Waals surface area contributed by atoms with Gasteiger partial charge in [0.2, 0.25) is 21.8 Å². The summed E-state index contributed by atoms with van der Waals surface area (Å²) in [6.45, 7) is 1.76. The highest BCUT2D eigenvalue weighted by molar-refractivity contribution is 7.92. The summed E-state index contributed by atoms with van der Waals surface area (Å²) in [6.07, 6.45) is 2.70. The van der Waals surface area contributed by atoms with Gasteiger partial charge in [0.1, 0.15) is 12.6 Å². The zero-order chi connectivity index (χ0) is 28.4. The molecule has 3 rings (SSSR count). The molecule has 0 heterocycles. The number of halogens is 2. The zero-order valence-corrected chi connectivity index (χ0v) is 22.8. The van der Waals surface area contributed by atoms with Crippen LogP contribution in [0.5, 0.6) is 0 Å². The normalized spacial score (nSPS) is 12.0. The van der Waals surface area contributed by atoms with E-state index in [0.29, 0.717) is 10.8 Å². The highest BCUT2D eigenvalue weighted by atomic mass is 32.2. The molecule has 3 aromatic rings. The fourth-order valence-corrected chi connectivity index (χ4v) is 4.94. The lowest BCUT2D eigenvalue weighted by molar-refractivity contribution is -0.140. The quantitative estimate of drug-likeness (QED) is 0.318. The minimum Gasteiger partial charge on any atom is -0.354 e. The van der Waals surface area contributed by atoms with Gasteiger partial charge < -0.3 is 10.2 Å². The smallest absolute Gasteiger partial charge is 0.244 e. The Morgan fingerprint density at radius 3 is 2.08 bits per heavy atom. The highest BCUT2D eigenvalue weighted by Crippen LogP contribution is 2.22. The average molecular weight is 558 g/mol. The Bertz CT molecular complexity index is 1360. The van der Waals surface area contributed by atoms with Crippen LogP contribution in [0.2, 0.25) is 0 Å². The van der Waals surface area contributed by atoms with Crippen LogP contribution in [-0.2, 0) is 32.6 Å². The molecule has 0 bridgehead atoms. The Hall–Kier alpha value is -3.79. The van der Waals surface area contributed by atoms with Gasteiger partial charge in [0, 0.05) is 25.6 Å². The number of carbonyl (C=O) groups is 2. The van der Waals surface area contributed by atoms with Gasteiger partial charge in [0.15, 0.2) is 11.6 Å². The summed E-state index contributed by atoms with van der Waals surface area (Å²) in [5, 5.41) is 2.90. The lowest BCUT2D eigenvalue weighted by Crippen LogP contribution is -2.53. The number of benzene rings is 3. The summed E-state index contributed by atoms with van der Waals surface area (Å²) < 4.78 is 53.6. The van der Waals surface area contributed by atoms with Crippen molar-refractivity contribution in [2.75, 3.05) is 23.7 Å². The number of amides is 2. The van der Waals surface area contributed by atoms with Crippen molar-refractivity contribution in [3.05, 3.63) is 102 Å². The minimum atomic E-state index is -4.08. The van der Waals surface area contributed by atoms with Crippen molar-refractivity contribution in [2.24, 2.45) is 0 Å². The average Bonchev–Trinajstić information content (AvgIpc) is 2.91. The van der Waals surface area contributed by atoms with Gasteiger partial charge in [-0.25, -0.2) is 17.2 Å². The molecule has 208 valence electrons. The molecule has 0 aliphatic rings. The molecule has 2 amide bonds. The highest BCUT2D eigenvalue weighted by Gasteiger charge is 2.33. The summed E-state index contributed by atoms with van der Waals surface area (Å²) >= 11 is 0. The molecule has 0 aromatic heterocycles. The lowest BCUT2D eigenvalue weighted by atomic mass is 10.0. The van der Waals surface area contributed by atoms with E-state index in [0.717, 1.165) is 48.4 Å². The molecule has 0 aliphatic carbocycles. The number of nitrogens with zero attached hydrogens (tertiary/aromatic N) is 2. The number of carbonyl (C=O) groups excluding carboxylic acids is 2. The fraction of sp³-hybridized carbons (Fsp3) is 0.310. The van der Waals surface area contributed by atoms with Gasteiger partial charge in [-0.15, -0.1) is 0 Å². The van der Waals surface area contributed by atoms with E-state index in [4.69, 9.17) is 0 Å². The fourth-order valence-electron chi connectivity index (χ4n) is 4.09. The molecule has 0 saturated carbocycles. The molecule has 0 spiro atoms. The van der Waals surface area contributed by atoms with Gasteiger partial charge in [0.25, 0.3) is 0 Å². The van der Waals surface area contributed by atoms with E-state index in [1.807, 2.05) is 43.3 Å². The molecule has 10 heteroatoms. The van der Waals surface area contributed by atoms with Crippen molar-refractivity contribution in [1.29, 1.82) is 0 Å². The molecule has 0 radical (unpaired) electrons. The molecule has 1 N–H and O–H groups in total. The summed E-state index contributed by atoms with van der Waals surface area (Å²) in [5.41, 5.74) is 1.36. The van der Waals surface area contributed by atoms with Crippen molar-refractivity contribution >= 4 is 27.5 Å². The first-order chi connectivity index (χ1) is 18.6. The number of rotatable bonds is 13. The van der Waals surface area contributed by atoms with Crippen LogP contribution in [0.15, 0.2) is 78.9 Å². The van der Waals surface area contributed by atoms with Gasteiger partial charge in [-0.05, 0) is 29.7 Å². The summed E-state index contributed by atoms with van der Waals surface area (Å²) in [6, 6.07) is 19.9. The SMILES string of the molecule is CCCCNC(=O)C(Cc1ccccc1)N(Cc1ccccc1)C(=O)CN(c1ccc(F)c(F)c1)S(C)(=O)=O. The molecule has 3 aromatic carbocycles. The standard InChI is InChI=1S/C29H33F2N3O4S/c1-3-4-17-32-29(36)27(18-22-11-7-5-8-12-22)33(20-23-13-9-6-10-14-23)28(35)21-34(39(2,37)38)24-15-16-25(30)26(31)19-24/h5-16,19,27H,3-4,17-18,20-21H2,1-2H3,(H,32,36). The first-order valence-electron chi connectivity index (χ1n) is 12.7. The number of hydrogen-bond acceptors (Lipinski definition) is 4. The minimum absolute atomic E-state index is 0.0355. The van der Waals surface area contributed by atoms with E-state index in [9.17, 15) is 26.8 Å². The van der Waals surface area contributed by atoms with Crippen LogP contribution in [-0.4, -0.2) is 50.5 Å². The van der Waals surface area contributed by atoms with Crippen molar-refractivity contribution in [2.45, 2.75) is 38.8 Å². The van der Waals surface area contributed by atoms with E-state index >= 15 is 0 Å². The largest absolute Gasteiger partial charge is 0.354 e. The maximum absolute atomic E-state index is 14.0. The third kappa shape index (κ3) is 8.61. The number of hydrogen-bond donors (Lipinski definition) is 1. The van der Waals surface area contributed by atoms with E-state index in [1.165, 1.54) is 4.90 Å². The third-order valence-corrected chi connectivity index (χ3v) is 7.31. The predicted molar refractivity (Wildman–Crippen MR) is 147 cm³/mol. The second-order valence-corrected chi connectivity index (χ2v) is 11.1. The molecular weight excluding hydrogens is 524 g/mol. The monoisotopic (exact) mass is 557 g/mol. The van der Waals surface area contributed by atoms with E-state index in [1.54, 1.807) is 24.3 Å². The summed E-state index contributed by atoms with van der Waals surface area (Å²) in [5.74, 6) is -3.42. The lowest BCUT2D eigenvalue weighted by Gasteiger charge is -2.33. The Morgan fingerprint density at radius 2 is 1.51 bits per heavy atom. The number of anilines is 1. The second-order valence-electron chi connectivity index (χ2n) is 9.23. The zero-order valence-electron chi connectivity index (χ0n) is 22.0. The maximum Gasteiger partial charge on any atom is 0.244 e. The molecule has 1 atom stereocenters. The van der Waals surface area contributed by atoms with Crippen molar-refractivity contribution in [1.82, 2.24) is 10.2 Å². The van der Waals surface area contributed by atoms with E-state index < -0.39 is 40.2 Å². The van der Waals surface area contributed by atoms with E-state index in [-0.39, 0.29) is 24.6 Å². The molecule has 1 unspecified atom stereocenters. The molecule has 39 heavy (non-hydrogen) atoms. The third-order valence-electron chi connectivity index (χ3n) is 6.17. The van der Waals surface area contributed by atoms with Crippen LogP contribution in [0.25, 0.3) is 0 Å². The topological polar surface area (TPSA) is 86.8 Å². The molecule has 7 nitrogen and oxygen atoms in total. The Balaban J connectivity index is 2.02. The van der Waals surface area contributed by atoms with Crippen molar-refractivity contribution in [3.63, 3.8) is 0 Å². The van der Waals surface area contributed by atoms with Crippen molar-refractivity contribution < 1.29 is 26.8 Å².